The number of nitrogens with zero attached hydrogens (tertiary/aromatic N) is 2. The average Bonchev–Trinajstić information content (AvgIpc) is 2.69. The Labute approximate surface area is 183 Å². The first-order valence-corrected chi connectivity index (χ1v) is 12.0. The second-order valence-electron chi connectivity index (χ2n) is 6.76. The summed E-state index contributed by atoms with van der Waals surface area (Å²) in [6, 6.07) is 8.59. The number of rotatable bonds is 8. The third kappa shape index (κ3) is 6.42. The number of hydrazine groups is 2. The molecule has 0 saturated heterocycles. The molecule has 0 saturated carbocycles. The van der Waals surface area contributed by atoms with E-state index in [0.717, 1.165) is 6.42 Å². The van der Waals surface area contributed by atoms with Gasteiger partial charge in [0.1, 0.15) is 17.6 Å². The van der Waals surface area contributed by atoms with Gasteiger partial charge in [-0.1, -0.05) is 48.8 Å². The van der Waals surface area contributed by atoms with Gasteiger partial charge in [0.05, 0.1) is 5.69 Å². The molecule has 0 atom stereocenters. The van der Waals surface area contributed by atoms with Crippen molar-refractivity contribution in [1.82, 2.24) is 5.01 Å². The Morgan fingerprint density at radius 2 is 1.48 bits per heavy atom. The summed E-state index contributed by atoms with van der Waals surface area (Å²) in [4.78, 5) is -0.726. The Morgan fingerprint density at radius 1 is 0.968 bits per heavy atom. The van der Waals surface area contributed by atoms with Gasteiger partial charge in [0.15, 0.2) is 0 Å². The van der Waals surface area contributed by atoms with Crippen LogP contribution in [0.15, 0.2) is 58.5 Å². The Bertz CT molecular complexity index is 1230. The molecule has 0 radical (unpaired) electrons. The lowest BCUT2D eigenvalue weighted by molar-refractivity contribution is 0.417. The number of allylic oxidation sites excluding steroid dienone is 1. The molecule has 2 aromatic rings. The molecule has 166 valence electrons. The molecule has 31 heavy (non-hydrogen) atoms. The number of nitrogens with two attached hydrogens (primary N) is 1. The van der Waals surface area contributed by atoms with Crippen LogP contribution in [0.2, 0.25) is 0 Å². The quantitative estimate of drug-likeness (QED) is 0.172. The van der Waals surface area contributed by atoms with Crippen LogP contribution in [0.5, 0.6) is 0 Å². The van der Waals surface area contributed by atoms with Crippen molar-refractivity contribution < 1.29 is 25.9 Å². The molecule has 4 N–H and O–H groups in total. The molecule has 0 amide bonds. The third-order valence-electron chi connectivity index (χ3n) is 4.33. The highest BCUT2D eigenvalue weighted by atomic mass is 32.2. The second-order valence-corrected chi connectivity index (χ2v) is 9.54. The maximum absolute atomic E-state index is 12.0. The van der Waals surface area contributed by atoms with Gasteiger partial charge in [-0.3, -0.25) is 14.1 Å². The Hall–Kier alpha value is -2.64. The molecular formula is C19H24BN3O6S2. The second kappa shape index (κ2) is 9.66. The molecule has 0 heterocycles. The van der Waals surface area contributed by atoms with Crippen LogP contribution in [0.25, 0.3) is 12.2 Å². The lowest BCUT2D eigenvalue weighted by Crippen LogP contribution is -2.42. The van der Waals surface area contributed by atoms with Crippen LogP contribution in [-0.4, -0.2) is 45.8 Å². The van der Waals surface area contributed by atoms with E-state index in [0.29, 0.717) is 11.2 Å². The van der Waals surface area contributed by atoms with Gasteiger partial charge in [0.2, 0.25) is 0 Å². The summed E-state index contributed by atoms with van der Waals surface area (Å²) in [6.07, 6.45) is 7.00. The standard InChI is InChI=1S/C19H24BN3O6S2/c1-3-4-11-22(2)23(21)17-10-8-15(19(13-17)31(27,28)29)6-5-14-7-9-16(20)12-18(14)30(24,25)26/h4-13H,3,20-21H2,1-2H3,(H,24,25,26)(H,27,28,29)/b6-5+,11-4-. The van der Waals surface area contributed by atoms with Gasteiger partial charge in [-0.25, -0.2) is 11.0 Å². The van der Waals surface area contributed by atoms with Gasteiger partial charge >= 0.3 is 0 Å². The molecule has 0 unspecified atom stereocenters. The van der Waals surface area contributed by atoms with Gasteiger partial charge < -0.3 is 0 Å². The van der Waals surface area contributed by atoms with Crippen molar-refractivity contribution in [2.75, 3.05) is 12.2 Å². The van der Waals surface area contributed by atoms with E-state index >= 15 is 0 Å². The summed E-state index contributed by atoms with van der Waals surface area (Å²) in [5.41, 5.74) is 1.18. The average molecular weight is 465 g/mol. The summed E-state index contributed by atoms with van der Waals surface area (Å²) >= 11 is 0. The zero-order valence-electron chi connectivity index (χ0n) is 17.3. The first-order chi connectivity index (χ1) is 14.3. The highest BCUT2D eigenvalue weighted by Crippen LogP contribution is 2.25. The summed E-state index contributed by atoms with van der Waals surface area (Å²) in [7, 11) is -5.77. The van der Waals surface area contributed by atoms with Gasteiger partial charge in [0.25, 0.3) is 20.2 Å². The Morgan fingerprint density at radius 3 is 2.00 bits per heavy atom. The van der Waals surface area contributed by atoms with E-state index < -0.39 is 25.1 Å². The molecule has 9 nitrogen and oxygen atoms in total. The maximum atomic E-state index is 12.0. The van der Waals surface area contributed by atoms with Gasteiger partial charge in [0, 0.05) is 13.2 Å². The topological polar surface area (TPSA) is 141 Å². The lowest BCUT2D eigenvalue weighted by Gasteiger charge is -2.28. The van der Waals surface area contributed by atoms with Gasteiger partial charge in [-0.2, -0.15) is 16.8 Å². The van der Waals surface area contributed by atoms with Crippen molar-refractivity contribution >= 4 is 51.4 Å². The van der Waals surface area contributed by atoms with E-state index in [1.807, 2.05) is 13.0 Å². The van der Waals surface area contributed by atoms with Crippen molar-refractivity contribution in [3.63, 3.8) is 0 Å². The van der Waals surface area contributed by atoms with Crippen LogP contribution in [0.1, 0.15) is 24.5 Å². The largest absolute Gasteiger partial charge is 0.295 e. The monoisotopic (exact) mass is 465 g/mol. The molecule has 0 aliphatic rings. The zero-order chi connectivity index (χ0) is 23.4. The van der Waals surface area contributed by atoms with Crippen molar-refractivity contribution in [3.8, 4) is 0 Å². The van der Waals surface area contributed by atoms with E-state index in [-0.39, 0.29) is 16.0 Å². The summed E-state index contributed by atoms with van der Waals surface area (Å²) in [5.74, 6) is 6.01. The lowest BCUT2D eigenvalue weighted by atomic mass is 9.95. The van der Waals surface area contributed by atoms with Crippen LogP contribution in [0.4, 0.5) is 5.69 Å². The number of benzene rings is 2. The van der Waals surface area contributed by atoms with Crippen molar-refractivity contribution in [3.05, 3.63) is 59.8 Å². The van der Waals surface area contributed by atoms with E-state index in [4.69, 9.17) is 5.84 Å². The molecule has 0 aromatic heterocycles. The number of hydrogen-bond acceptors (Lipinski definition) is 7. The summed E-state index contributed by atoms with van der Waals surface area (Å²) in [6.45, 7) is 1.95. The molecule has 0 fully saturated rings. The summed E-state index contributed by atoms with van der Waals surface area (Å²) < 4.78 is 66.4. The minimum atomic E-state index is -4.62. The van der Waals surface area contributed by atoms with Crippen LogP contribution in [-0.2, 0) is 20.2 Å². The van der Waals surface area contributed by atoms with Crippen LogP contribution >= 0.6 is 0 Å². The van der Waals surface area contributed by atoms with E-state index in [2.05, 4.69) is 0 Å². The SMILES string of the molecule is Bc1ccc(/C=C/c2ccc(N(N)N(C)/C=C\CC)cc2S(=O)(=O)O)c(S(=O)(=O)O)c1. The minimum Gasteiger partial charge on any atom is -0.282 e. The molecule has 12 heteroatoms. The van der Waals surface area contributed by atoms with Gasteiger partial charge in [-0.15, -0.1) is 0 Å². The molecule has 0 spiro atoms. The van der Waals surface area contributed by atoms with Crippen molar-refractivity contribution in [1.29, 1.82) is 0 Å². The first-order valence-electron chi connectivity index (χ1n) is 9.16. The van der Waals surface area contributed by atoms with E-state index in [1.165, 1.54) is 46.5 Å². The maximum Gasteiger partial charge on any atom is 0.295 e. The molecule has 0 aliphatic heterocycles. The fourth-order valence-electron chi connectivity index (χ4n) is 2.72. The molecule has 2 rings (SSSR count). The third-order valence-corrected chi connectivity index (χ3v) is 6.14. The van der Waals surface area contributed by atoms with Crippen LogP contribution in [0.3, 0.4) is 0 Å². The Kier molecular flexibility index (Phi) is 7.68. The van der Waals surface area contributed by atoms with Gasteiger partial charge in [-0.05, 0) is 35.7 Å². The zero-order valence-corrected chi connectivity index (χ0v) is 18.9. The van der Waals surface area contributed by atoms with E-state index in [9.17, 15) is 25.9 Å². The van der Waals surface area contributed by atoms with Crippen molar-refractivity contribution in [2.45, 2.75) is 23.1 Å². The highest BCUT2D eigenvalue weighted by molar-refractivity contribution is 7.86. The smallest absolute Gasteiger partial charge is 0.282 e. The molecule has 0 aliphatic carbocycles. The minimum absolute atomic E-state index is 0.105. The predicted octanol–water partition coefficient (Wildman–Crippen LogP) is 1.06. The fourth-order valence-corrected chi connectivity index (χ4v) is 4.19. The normalized spacial score (nSPS) is 12.5. The fraction of sp³-hybridized carbons (Fsp3) is 0.158. The Balaban J connectivity index is 2.53. The molecular weight excluding hydrogens is 441 g/mol. The molecule has 0 bridgehead atoms. The van der Waals surface area contributed by atoms with Crippen LogP contribution < -0.4 is 16.4 Å². The number of anilines is 1. The molecule has 2 aromatic carbocycles. The predicted molar refractivity (Wildman–Crippen MR) is 123 cm³/mol. The first kappa shape index (κ1) is 24.6. The van der Waals surface area contributed by atoms with Crippen molar-refractivity contribution in [2.24, 2.45) is 5.84 Å². The van der Waals surface area contributed by atoms with Crippen LogP contribution in [0, 0.1) is 0 Å². The number of hydrogen-bond donors (Lipinski definition) is 3. The summed E-state index contributed by atoms with van der Waals surface area (Å²) in [5, 5.41) is 2.73. The van der Waals surface area contributed by atoms with E-state index in [1.54, 1.807) is 33.2 Å². The highest BCUT2D eigenvalue weighted by Gasteiger charge is 2.18.